The number of hydrogen-bond acceptors (Lipinski definition) is 4. The van der Waals surface area contributed by atoms with E-state index in [4.69, 9.17) is 15.7 Å². The number of halogens is 1. The zero-order chi connectivity index (χ0) is 15.4. The Morgan fingerprint density at radius 3 is 2.86 bits per heavy atom. The normalized spacial score (nSPS) is 9.95. The van der Waals surface area contributed by atoms with E-state index in [-0.39, 0.29) is 12.2 Å². The van der Waals surface area contributed by atoms with E-state index in [2.05, 4.69) is 0 Å². The minimum Gasteiger partial charge on any atom is -0.457 e. The second-order valence-corrected chi connectivity index (χ2v) is 4.51. The third-order valence-corrected chi connectivity index (χ3v) is 3.13. The predicted molar refractivity (Wildman–Crippen MR) is 75.8 cm³/mol. The molecule has 2 aromatic carbocycles. The average Bonchev–Trinajstić information content (AvgIpc) is 2.49. The molecule has 0 heterocycles. The van der Waals surface area contributed by atoms with Crippen molar-refractivity contribution in [3.63, 3.8) is 0 Å². The molecule has 0 aliphatic carbocycles. The highest BCUT2D eigenvalue weighted by molar-refractivity contribution is 5.92. The van der Waals surface area contributed by atoms with E-state index in [9.17, 15) is 9.18 Å². The SMILES string of the molecule is Cc1c(N)cccc1C(=O)OCc1cc(C#N)ccc1F. The minimum absolute atomic E-state index is 0.156. The molecular weight excluding hydrogens is 271 g/mol. The third kappa shape index (κ3) is 3.18. The van der Waals surface area contributed by atoms with E-state index < -0.39 is 11.8 Å². The molecule has 0 spiro atoms. The number of nitrogen functional groups attached to an aromatic ring is 1. The smallest absolute Gasteiger partial charge is 0.338 e. The standard InChI is InChI=1S/C16H13FN2O2/c1-10-13(3-2-4-15(10)19)16(20)21-9-12-7-11(8-18)5-6-14(12)17/h2-7H,9,19H2,1H3. The molecule has 2 rings (SSSR count). The molecule has 4 nitrogen and oxygen atoms in total. The summed E-state index contributed by atoms with van der Waals surface area (Å²) >= 11 is 0. The van der Waals surface area contributed by atoms with E-state index in [1.807, 2.05) is 6.07 Å². The first-order chi connectivity index (χ1) is 10.0. The lowest BCUT2D eigenvalue weighted by Gasteiger charge is -2.09. The van der Waals surface area contributed by atoms with Gasteiger partial charge >= 0.3 is 5.97 Å². The summed E-state index contributed by atoms with van der Waals surface area (Å²) in [6, 6.07) is 10.7. The van der Waals surface area contributed by atoms with Crippen LogP contribution in [0, 0.1) is 24.1 Å². The molecule has 0 aromatic heterocycles. The Morgan fingerprint density at radius 2 is 2.14 bits per heavy atom. The Labute approximate surface area is 121 Å². The number of esters is 1. The molecule has 106 valence electrons. The molecule has 21 heavy (non-hydrogen) atoms. The van der Waals surface area contributed by atoms with Crippen LogP contribution in [0.5, 0.6) is 0 Å². The largest absolute Gasteiger partial charge is 0.457 e. The molecule has 0 unspecified atom stereocenters. The number of rotatable bonds is 3. The van der Waals surface area contributed by atoms with Crippen molar-refractivity contribution in [2.45, 2.75) is 13.5 Å². The Kier molecular flexibility index (Phi) is 4.19. The molecule has 0 saturated carbocycles. The lowest BCUT2D eigenvalue weighted by Crippen LogP contribution is -2.09. The number of carbonyl (C=O) groups excluding carboxylic acids is 1. The van der Waals surface area contributed by atoms with E-state index >= 15 is 0 Å². The quantitative estimate of drug-likeness (QED) is 0.694. The lowest BCUT2D eigenvalue weighted by atomic mass is 10.1. The van der Waals surface area contributed by atoms with Gasteiger partial charge in [0.25, 0.3) is 0 Å². The van der Waals surface area contributed by atoms with Gasteiger partial charge in [-0.3, -0.25) is 0 Å². The Morgan fingerprint density at radius 1 is 1.38 bits per heavy atom. The molecule has 0 radical (unpaired) electrons. The van der Waals surface area contributed by atoms with Gasteiger partial charge in [0.15, 0.2) is 0 Å². The summed E-state index contributed by atoms with van der Waals surface area (Å²) in [6.07, 6.45) is 0. The van der Waals surface area contributed by atoms with Crippen LogP contribution < -0.4 is 5.73 Å². The highest BCUT2D eigenvalue weighted by Crippen LogP contribution is 2.18. The van der Waals surface area contributed by atoms with Crippen molar-refractivity contribution in [2.24, 2.45) is 0 Å². The number of nitrogens with two attached hydrogens (primary N) is 1. The van der Waals surface area contributed by atoms with E-state index in [0.29, 0.717) is 22.4 Å². The van der Waals surface area contributed by atoms with Gasteiger partial charge in [-0.25, -0.2) is 9.18 Å². The fourth-order valence-electron chi connectivity index (χ4n) is 1.85. The molecule has 0 fully saturated rings. The second kappa shape index (κ2) is 6.06. The predicted octanol–water partition coefficient (Wildman–Crippen LogP) is 2.95. The van der Waals surface area contributed by atoms with Crippen LogP contribution in [0.25, 0.3) is 0 Å². The van der Waals surface area contributed by atoms with Crippen LogP contribution in [-0.4, -0.2) is 5.97 Å². The number of anilines is 1. The van der Waals surface area contributed by atoms with Crippen LogP contribution in [0.3, 0.4) is 0 Å². The summed E-state index contributed by atoms with van der Waals surface area (Å²) in [5.74, 6) is -1.10. The summed E-state index contributed by atoms with van der Waals surface area (Å²) in [6.45, 7) is 1.47. The van der Waals surface area contributed by atoms with Crippen LogP contribution in [0.15, 0.2) is 36.4 Å². The zero-order valence-electron chi connectivity index (χ0n) is 11.4. The van der Waals surface area contributed by atoms with Crippen LogP contribution >= 0.6 is 0 Å². The van der Waals surface area contributed by atoms with Crippen LogP contribution in [0.2, 0.25) is 0 Å². The topological polar surface area (TPSA) is 76.1 Å². The third-order valence-electron chi connectivity index (χ3n) is 3.13. The van der Waals surface area contributed by atoms with Crippen molar-refractivity contribution >= 4 is 11.7 Å². The van der Waals surface area contributed by atoms with Gasteiger partial charge in [-0.15, -0.1) is 0 Å². The first-order valence-corrected chi connectivity index (χ1v) is 6.23. The van der Waals surface area contributed by atoms with Gasteiger partial charge in [0.05, 0.1) is 17.2 Å². The fourth-order valence-corrected chi connectivity index (χ4v) is 1.85. The summed E-state index contributed by atoms with van der Waals surface area (Å²) in [5, 5.41) is 8.78. The van der Waals surface area contributed by atoms with Crippen LogP contribution in [-0.2, 0) is 11.3 Å². The van der Waals surface area contributed by atoms with Crippen molar-refractivity contribution in [2.75, 3.05) is 5.73 Å². The number of nitrogens with zero attached hydrogens (tertiary/aromatic N) is 1. The first-order valence-electron chi connectivity index (χ1n) is 6.23. The van der Waals surface area contributed by atoms with Crippen molar-refractivity contribution < 1.29 is 13.9 Å². The molecule has 0 saturated heterocycles. The molecule has 0 bridgehead atoms. The number of carbonyl (C=O) groups is 1. The van der Waals surface area contributed by atoms with Gasteiger partial charge in [0.1, 0.15) is 12.4 Å². The number of nitriles is 1. The fraction of sp³-hybridized carbons (Fsp3) is 0.125. The number of benzene rings is 2. The van der Waals surface area contributed by atoms with Gasteiger partial charge in [-0.2, -0.15) is 5.26 Å². The maximum Gasteiger partial charge on any atom is 0.338 e. The second-order valence-electron chi connectivity index (χ2n) is 4.51. The van der Waals surface area contributed by atoms with Crippen LogP contribution in [0.4, 0.5) is 10.1 Å². The summed E-state index contributed by atoms with van der Waals surface area (Å²) in [5.41, 5.74) is 7.64. The summed E-state index contributed by atoms with van der Waals surface area (Å²) in [7, 11) is 0. The molecular formula is C16H13FN2O2. The van der Waals surface area contributed by atoms with Gasteiger partial charge in [0.2, 0.25) is 0 Å². The molecule has 0 aliphatic heterocycles. The highest BCUT2D eigenvalue weighted by Gasteiger charge is 2.13. The zero-order valence-corrected chi connectivity index (χ0v) is 11.4. The van der Waals surface area contributed by atoms with Crippen molar-refractivity contribution in [1.29, 1.82) is 5.26 Å². The van der Waals surface area contributed by atoms with Crippen molar-refractivity contribution in [1.82, 2.24) is 0 Å². The maximum absolute atomic E-state index is 13.6. The Balaban J connectivity index is 2.15. The molecule has 5 heteroatoms. The Bertz CT molecular complexity index is 736. The average molecular weight is 284 g/mol. The van der Waals surface area contributed by atoms with E-state index in [0.717, 1.165) is 0 Å². The van der Waals surface area contributed by atoms with Crippen molar-refractivity contribution in [3.05, 3.63) is 64.5 Å². The molecule has 0 atom stereocenters. The van der Waals surface area contributed by atoms with Crippen molar-refractivity contribution in [3.8, 4) is 6.07 Å². The van der Waals surface area contributed by atoms with Crippen LogP contribution in [0.1, 0.15) is 27.0 Å². The molecule has 2 aromatic rings. The summed E-state index contributed by atoms with van der Waals surface area (Å²) in [4.78, 5) is 12.0. The lowest BCUT2D eigenvalue weighted by molar-refractivity contribution is 0.0468. The van der Waals surface area contributed by atoms with Gasteiger partial charge in [-0.05, 0) is 42.8 Å². The Hall–Kier alpha value is -2.87. The van der Waals surface area contributed by atoms with Gasteiger partial charge in [-0.1, -0.05) is 6.07 Å². The minimum atomic E-state index is -0.582. The maximum atomic E-state index is 13.6. The molecule has 0 amide bonds. The van der Waals surface area contributed by atoms with Gasteiger partial charge < -0.3 is 10.5 Å². The molecule has 2 N–H and O–H groups in total. The first kappa shape index (κ1) is 14.5. The van der Waals surface area contributed by atoms with E-state index in [1.54, 1.807) is 25.1 Å². The summed E-state index contributed by atoms with van der Waals surface area (Å²) < 4.78 is 18.7. The number of ether oxygens (including phenoxy) is 1. The highest BCUT2D eigenvalue weighted by atomic mass is 19.1. The van der Waals surface area contributed by atoms with Gasteiger partial charge in [0, 0.05) is 11.3 Å². The molecule has 0 aliphatic rings. The number of hydrogen-bond donors (Lipinski definition) is 1. The monoisotopic (exact) mass is 284 g/mol. The van der Waals surface area contributed by atoms with E-state index in [1.165, 1.54) is 18.2 Å².